The molecule has 100 valence electrons. The predicted molar refractivity (Wildman–Crippen MR) is 70.2 cm³/mol. The van der Waals surface area contributed by atoms with Crippen LogP contribution in [0.1, 0.15) is 49.7 Å². The third kappa shape index (κ3) is 3.09. The summed E-state index contributed by atoms with van der Waals surface area (Å²) in [6.45, 7) is 5.48. The molecule has 0 radical (unpaired) electrons. The summed E-state index contributed by atoms with van der Waals surface area (Å²) in [5.41, 5.74) is 0.502. The Morgan fingerprint density at radius 3 is 2.83 bits per heavy atom. The first-order valence-electron chi connectivity index (χ1n) is 6.24. The fraction of sp³-hybridized carbons (Fsp3) is 0.692. The molecule has 5 heteroatoms. The summed E-state index contributed by atoms with van der Waals surface area (Å²) in [5.74, 6) is -0.293. The lowest BCUT2D eigenvalue weighted by Gasteiger charge is -2.21. The summed E-state index contributed by atoms with van der Waals surface area (Å²) in [7, 11) is 0. The minimum absolute atomic E-state index is 0.115. The molecule has 2 heterocycles. The molecule has 2 rings (SSSR count). The van der Waals surface area contributed by atoms with Crippen LogP contribution in [0.25, 0.3) is 0 Å². The maximum Gasteiger partial charge on any atom is 0.304 e. The largest absolute Gasteiger partial charge is 0.481 e. The minimum Gasteiger partial charge on any atom is -0.481 e. The molecule has 0 bridgehead atoms. The third-order valence-corrected chi connectivity index (χ3v) is 4.39. The first kappa shape index (κ1) is 13.5. The predicted octanol–water partition coefficient (Wildman–Crippen LogP) is 2.79. The van der Waals surface area contributed by atoms with Gasteiger partial charge in [-0.2, -0.15) is 0 Å². The van der Waals surface area contributed by atoms with E-state index in [1.165, 1.54) is 0 Å². The Balaban J connectivity index is 2.11. The Labute approximate surface area is 111 Å². The van der Waals surface area contributed by atoms with Crippen molar-refractivity contribution in [1.29, 1.82) is 0 Å². The first-order chi connectivity index (χ1) is 8.49. The Bertz CT molecular complexity index is 422. The number of thiazole rings is 1. The van der Waals surface area contributed by atoms with Crippen LogP contribution in [0.3, 0.4) is 0 Å². The van der Waals surface area contributed by atoms with E-state index in [9.17, 15) is 4.79 Å². The molecular weight excluding hydrogens is 250 g/mol. The molecule has 1 aliphatic rings. The fourth-order valence-electron chi connectivity index (χ4n) is 2.20. The summed E-state index contributed by atoms with van der Waals surface area (Å²) in [6.07, 6.45) is 2.16. The quantitative estimate of drug-likeness (QED) is 0.913. The van der Waals surface area contributed by atoms with Gasteiger partial charge in [0, 0.05) is 29.9 Å². The summed E-state index contributed by atoms with van der Waals surface area (Å²) in [5, 5.41) is 12.1. The Morgan fingerprint density at radius 1 is 1.56 bits per heavy atom. The van der Waals surface area contributed by atoms with Gasteiger partial charge in [-0.15, -0.1) is 11.3 Å². The lowest BCUT2D eigenvalue weighted by Crippen LogP contribution is -2.22. The molecule has 1 saturated heterocycles. The van der Waals surface area contributed by atoms with E-state index in [-0.39, 0.29) is 6.42 Å². The van der Waals surface area contributed by atoms with E-state index in [0.717, 1.165) is 36.8 Å². The van der Waals surface area contributed by atoms with Crippen molar-refractivity contribution < 1.29 is 14.6 Å². The number of rotatable bonds is 4. The third-order valence-electron chi connectivity index (χ3n) is 3.38. The number of aromatic nitrogens is 1. The molecule has 1 fully saturated rings. The normalized spacial score (nSPS) is 17.9. The fourth-order valence-corrected chi connectivity index (χ4v) is 3.38. The van der Waals surface area contributed by atoms with E-state index in [1.807, 2.05) is 19.2 Å². The summed E-state index contributed by atoms with van der Waals surface area (Å²) >= 11 is 1.65. The van der Waals surface area contributed by atoms with Crippen LogP contribution in [0.2, 0.25) is 0 Å². The number of aliphatic carboxylic acids is 1. The van der Waals surface area contributed by atoms with Crippen molar-refractivity contribution in [1.82, 2.24) is 4.98 Å². The topological polar surface area (TPSA) is 59.4 Å². The average Bonchev–Trinajstić information content (AvgIpc) is 2.78. The molecule has 1 aliphatic heterocycles. The molecule has 0 amide bonds. The maximum absolute atomic E-state index is 10.9. The first-order valence-corrected chi connectivity index (χ1v) is 7.12. The molecule has 0 aliphatic carbocycles. The number of hydrogen-bond donors (Lipinski definition) is 1. The van der Waals surface area contributed by atoms with Gasteiger partial charge in [0.05, 0.1) is 17.1 Å². The highest BCUT2D eigenvalue weighted by molar-refractivity contribution is 7.09. The number of ether oxygens (including phenoxy) is 1. The lowest BCUT2D eigenvalue weighted by atomic mass is 9.86. The molecule has 0 spiro atoms. The molecule has 0 unspecified atom stereocenters. The molecule has 4 nitrogen and oxygen atoms in total. The molecule has 18 heavy (non-hydrogen) atoms. The molecule has 1 aromatic rings. The van der Waals surface area contributed by atoms with Crippen LogP contribution in [0.4, 0.5) is 0 Å². The van der Waals surface area contributed by atoms with Gasteiger partial charge in [-0.1, -0.05) is 13.8 Å². The number of carboxylic acids is 1. The van der Waals surface area contributed by atoms with Crippen molar-refractivity contribution in [2.24, 2.45) is 0 Å². The Morgan fingerprint density at radius 2 is 2.22 bits per heavy atom. The molecular formula is C13H19NO3S. The van der Waals surface area contributed by atoms with Crippen LogP contribution in [-0.4, -0.2) is 29.3 Å². The smallest absolute Gasteiger partial charge is 0.304 e. The van der Waals surface area contributed by atoms with Gasteiger partial charge >= 0.3 is 5.97 Å². The number of nitrogens with zero attached hydrogens (tertiary/aromatic N) is 1. The van der Waals surface area contributed by atoms with Gasteiger partial charge in [0.2, 0.25) is 0 Å². The second-order valence-corrected chi connectivity index (χ2v) is 6.30. The monoisotopic (exact) mass is 269 g/mol. The zero-order valence-electron chi connectivity index (χ0n) is 10.8. The summed E-state index contributed by atoms with van der Waals surface area (Å²) < 4.78 is 5.35. The summed E-state index contributed by atoms with van der Waals surface area (Å²) in [6, 6.07) is 0. The Hall–Kier alpha value is -0.940. The number of carboxylic acid groups (broad SMARTS) is 1. The van der Waals surface area contributed by atoms with Gasteiger partial charge in [0.25, 0.3) is 0 Å². The number of carbonyl (C=O) groups is 1. The van der Waals surface area contributed by atoms with Crippen molar-refractivity contribution >= 4 is 17.3 Å². The SMILES string of the molecule is CC(C)(CC(=O)O)c1csc(C2CCOCC2)n1. The molecule has 0 saturated carbocycles. The van der Waals surface area contributed by atoms with E-state index < -0.39 is 11.4 Å². The highest BCUT2D eigenvalue weighted by Crippen LogP contribution is 2.34. The van der Waals surface area contributed by atoms with Crippen molar-refractivity contribution in [2.45, 2.75) is 44.4 Å². The lowest BCUT2D eigenvalue weighted by molar-refractivity contribution is -0.138. The molecule has 1 N–H and O–H groups in total. The van der Waals surface area contributed by atoms with Crippen LogP contribution in [0.5, 0.6) is 0 Å². The second-order valence-electron chi connectivity index (χ2n) is 5.41. The van der Waals surface area contributed by atoms with Crippen LogP contribution in [0.15, 0.2) is 5.38 Å². The zero-order chi connectivity index (χ0) is 13.2. The van der Waals surface area contributed by atoms with Gasteiger partial charge in [0.15, 0.2) is 0 Å². The van der Waals surface area contributed by atoms with Gasteiger partial charge in [-0.3, -0.25) is 4.79 Å². The van der Waals surface area contributed by atoms with Crippen LogP contribution >= 0.6 is 11.3 Å². The van der Waals surface area contributed by atoms with Crippen LogP contribution in [0, 0.1) is 0 Å². The van der Waals surface area contributed by atoms with E-state index in [1.54, 1.807) is 11.3 Å². The Kier molecular flexibility index (Phi) is 4.02. The van der Waals surface area contributed by atoms with E-state index in [4.69, 9.17) is 9.84 Å². The zero-order valence-corrected chi connectivity index (χ0v) is 11.6. The van der Waals surface area contributed by atoms with Crippen molar-refractivity contribution in [3.63, 3.8) is 0 Å². The molecule has 0 atom stereocenters. The second kappa shape index (κ2) is 5.36. The molecule has 0 aromatic carbocycles. The number of hydrogen-bond acceptors (Lipinski definition) is 4. The summed E-state index contributed by atoms with van der Waals surface area (Å²) in [4.78, 5) is 15.5. The van der Waals surface area contributed by atoms with Gasteiger partial charge in [-0.25, -0.2) is 4.98 Å². The standard InChI is InChI=1S/C13H19NO3S/c1-13(2,7-11(15)16)10-8-18-12(14-10)9-3-5-17-6-4-9/h8-9H,3-7H2,1-2H3,(H,15,16). The van der Waals surface area contributed by atoms with Gasteiger partial charge < -0.3 is 9.84 Å². The van der Waals surface area contributed by atoms with Crippen molar-refractivity contribution in [2.75, 3.05) is 13.2 Å². The van der Waals surface area contributed by atoms with Crippen LogP contribution < -0.4 is 0 Å². The van der Waals surface area contributed by atoms with Crippen LogP contribution in [-0.2, 0) is 14.9 Å². The van der Waals surface area contributed by atoms with E-state index in [0.29, 0.717) is 5.92 Å². The average molecular weight is 269 g/mol. The van der Waals surface area contributed by atoms with Crippen molar-refractivity contribution in [3.8, 4) is 0 Å². The van der Waals surface area contributed by atoms with Gasteiger partial charge in [0.1, 0.15) is 0 Å². The molecule has 1 aromatic heterocycles. The minimum atomic E-state index is -0.777. The highest BCUT2D eigenvalue weighted by atomic mass is 32.1. The van der Waals surface area contributed by atoms with E-state index >= 15 is 0 Å². The van der Waals surface area contributed by atoms with E-state index in [2.05, 4.69) is 4.98 Å². The van der Waals surface area contributed by atoms with Gasteiger partial charge in [-0.05, 0) is 12.8 Å². The van der Waals surface area contributed by atoms with Crippen molar-refractivity contribution in [3.05, 3.63) is 16.1 Å². The maximum atomic E-state index is 10.9. The highest BCUT2D eigenvalue weighted by Gasteiger charge is 2.28.